The van der Waals surface area contributed by atoms with Crippen LogP contribution in [0.15, 0.2) is 70.5 Å². The lowest BCUT2D eigenvalue weighted by atomic mass is 9.85. The maximum Gasteiger partial charge on any atom is 0.178 e. The summed E-state index contributed by atoms with van der Waals surface area (Å²) in [5.74, 6) is 0.284. The van der Waals surface area contributed by atoms with Crippen LogP contribution >= 0.6 is 0 Å². The van der Waals surface area contributed by atoms with Gasteiger partial charge in [-0.1, -0.05) is 77.9 Å². The molecule has 2 saturated heterocycles. The number of rotatable bonds is 17. The molecule has 2 aliphatic rings. The van der Waals surface area contributed by atoms with E-state index in [0.29, 0.717) is 22.1 Å². The Morgan fingerprint density at radius 2 is 1.22 bits per heavy atom. The summed E-state index contributed by atoms with van der Waals surface area (Å²) in [7, 11) is -5.21. The molecule has 0 radical (unpaired) electrons. The Morgan fingerprint density at radius 1 is 0.765 bits per heavy atom. The molecule has 290 valence electrons. The Balaban J connectivity index is 0.000000348. The van der Waals surface area contributed by atoms with Crippen LogP contribution in [-0.2, 0) is 38.7 Å². The third-order valence-electron chi connectivity index (χ3n) is 10.5. The van der Waals surface area contributed by atoms with Crippen LogP contribution in [0.4, 0.5) is 0 Å². The molecule has 11 atom stereocenters. The van der Waals surface area contributed by atoms with Crippen molar-refractivity contribution < 1.29 is 46.1 Å². The molecule has 2 N–H and O–H groups in total. The summed E-state index contributed by atoms with van der Waals surface area (Å²) >= 11 is 0. The predicted octanol–water partition coefficient (Wildman–Crippen LogP) is 5.79. The Bertz CT molecular complexity index is 1500. The minimum Gasteiger partial charge on any atom is -0.394 e. The zero-order chi connectivity index (χ0) is 37.1. The molecule has 51 heavy (non-hydrogen) atoms. The van der Waals surface area contributed by atoms with E-state index >= 15 is 0 Å². The van der Waals surface area contributed by atoms with E-state index in [-0.39, 0.29) is 92.6 Å². The highest BCUT2D eigenvalue weighted by molar-refractivity contribution is 7.91. The zero-order valence-electron chi connectivity index (χ0n) is 30.3. The van der Waals surface area contributed by atoms with Crippen molar-refractivity contribution in [2.45, 2.75) is 121 Å². The van der Waals surface area contributed by atoms with Crippen LogP contribution in [0, 0.1) is 29.6 Å². The van der Waals surface area contributed by atoms with Crippen molar-refractivity contribution >= 4 is 26.0 Å². The molecule has 0 bridgehead atoms. The molecule has 10 nitrogen and oxygen atoms in total. The third-order valence-corrected chi connectivity index (χ3v) is 14.2. The number of ether oxygens (including phenoxy) is 3. The lowest BCUT2D eigenvalue weighted by Gasteiger charge is -2.23. The van der Waals surface area contributed by atoms with E-state index in [1.807, 2.05) is 13.8 Å². The highest BCUT2D eigenvalue weighted by atomic mass is 32.2. The summed E-state index contributed by atoms with van der Waals surface area (Å²) in [6.07, 6.45) is 2.19. The van der Waals surface area contributed by atoms with Crippen molar-refractivity contribution in [3.05, 3.63) is 60.7 Å². The summed E-state index contributed by atoms with van der Waals surface area (Å²) in [5.41, 5.74) is 0. The predicted molar refractivity (Wildman–Crippen MR) is 200 cm³/mol. The molecule has 2 heterocycles. The van der Waals surface area contributed by atoms with Gasteiger partial charge in [0.15, 0.2) is 19.7 Å². The van der Waals surface area contributed by atoms with Gasteiger partial charge in [-0.25, -0.2) is 16.8 Å². The molecule has 2 aromatic rings. The first-order chi connectivity index (χ1) is 23.7. The molecule has 0 spiro atoms. The second kappa shape index (κ2) is 20.9. The number of carbonyl (C=O) groups excluding carboxylic acids is 1. The summed E-state index contributed by atoms with van der Waals surface area (Å²) in [6, 6.07) is 17.0. The Morgan fingerprint density at radius 3 is 1.65 bits per heavy atom. The van der Waals surface area contributed by atoms with Crippen molar-refractivity contribution in [1.29, 1.82) is 0 Å². The first kappa shape index (κ1) is 45.0. The van der Waals surface area contributed by atoms with E-state index in [4.69, 9.17) is 19.3 Å². The molecule has 0 aliphatic carbocycles. The first-order valence-corrected chi connectivity index (χ1v) is 21.1. The SMILES string of the molecule is C.CC[C@@H](C)C[C@H]1O[C@@H](CC=O)[C@H](CS(=O)(=O)c2ccccc2)[C@H]1C.COC(C)C[C@@H]1O[C@H](C[C@H](O)CO)[C@H](C)[C@H]1CS(=O)(=O)c1ccccc1. The monoisotopic (exact) mass is 754 g/mol. The summed E-state index contributed by atoms with van der Waals surface area (Å²) in [6.45, 7) is 9.93. The molecular formula is C39H62O10S2. The second-order valence-electron chi connectivity index (χ2n) is 14.2. The number of benzene rings is 2. The number of hydrogen-bond donors (Lipinski definition) is 2. The average molecular weight is 755 g/mol. The Hall–Kier alpha value is -2.19. The van der Waals surface area contributed by atoms with Gasteiger partial charge in [0.25, 0.3) is 0 Å². The molecule has 1 unspecified atom stereocenters. The smallest absolute Gasteiger partial charge is 0.178 e. The highest BCUT2D eigenvalue weighted by Crippen LogP contribution is 2.40. The van der Waals surface area contributed by atoms with Gasteiger partial charge in [0.1, 0.15) is 6.29 Å². The number of hydrogen-bond acceptors (Lipinski definition) is 10. The normalized spacial score (nSPS) is 28.2. The summed E-state index contributed by atoms with van der Waals surface area (Å²) in [5, 5.41) is 18.9. The fourth-order valence-corrected chi connectivity index (χ4v) is 10.6. The van der Waals surface area contributed by atoms with Gasteiger partial charge in [-0.2, -0.15) is 0 Å². The van der Waals surface area contributed by atoms with Crippen LogP contribution in [0.5, 0.6) is 0 Å². The van der Waals surface area contributed by atoms with E-state index in [1.165, 1.54) is 0 Å². The number of aliphatic hydroxyl groups is 2. The minimum atomic E-state index is -3.44. The topological polar surface area (TPSA) is 154 Å². The number of aldehydes is 1. The van der Waals surface area contributed by atoms with Gasteiger partial charge in [0.2, 0.25) is 0 Å². The summed E-state index contributed by atoms with van der Waals surface area (Å²) < 4.78 is 68.6. The van der Waals surface area contributed by atoms with Gasteiger partial charge in [-0.3, -0.25) is 0 Å². The number of aliphatic hydroxyl groups excluding tert-OH is 2. The second-order valence-corrected chi connectivity index (χ2v) is 18.2. The number of carbonyl (C=O) groups is 1. The fraction of sp³-hybridized carbons (Fsp3) is 0.667. The highest BCUT2D eigenvalue weighted by Gasteiger charge is 2.45. The number of methoxy groups -OCH3 is 1. The average Bonchev–Trinajstić information content (AvgIpc) is 3.54. The summed E-state index contributed by atoms with van der Waals surface area (Å²) in [4.78, 5) is 11.7. The minimum absolute atomic E-state index is 0. The van der Waals surface area contributed by atoms with Gasteiger partial charge < -0.3 is 29.2 Å². The Labute approximate surface area is 307 Å². The van der Waals surface area contributed by atoms with E-state index in [9.17, 15) is 26.7 Å². The molecule has 2 aromatic carbocycles. The fourth-order valence-electron chi connectivity index (χ4n) is 7.03. The third kappa shape index (κ3) is 12.7. The maximum absolute atomic E-state index is 12.8. The van der Waals surface area contributed by atoms with Gasteiger partial charge in [-0.05, 0) is 61.8 Å². The van der Waals surface area contributed by atoms with Crippen LogP contribution in [0.25, 0.3) is 0 Å². The lowest BCUT2D eigenvalue weighted by molar-refractivity contribution is -0.110. The van der Waals surface area contributed by atoms with E-state index in [0.717, 1.165) is 19.1 Å². The molecule has 0 saturated carbocycles. The molecule has 12 heteroatoms. The maximum atomic E-state index is 12.8. The van der Waals surface area contributed by atoms with Gasteiger partial charge in [0.05, 0.1) is 64.5 Å². The van der Waals surface area contributed by atoms with Gasteiger partial charge in [-0.15, -0.1) is 0 Å². The molecule has 0 aromatic heterocycles. The van der Waals surface area contributed by atoms with Crippen LogP contribution in [0.1, 0.15) is 74.1 Å². The van der Waals surface area contributed by atoms with Gasteiger partial charge >= 0.3 is 0 Å². The molecule has 4 rings (SSSR count). The van der Waals surface area contributed by atoms with Crippen LogP contribution < -0.4 is 0 Å². The van der Waals surface area contributed by atoms with Crippen LogP contribution in [0.3, 0.4) is 0 Å². The van der Waals surface area contributed by atoms with E-state index < -0.39 is 25.8 Å². The number of sulfone groups is 2. The molecular weight excluding hydrogens is 693 g/mol. The van der Waals surface area contributed by atoms with E-state index in [2.05, 4.69) is 20.8 Å². The van der Waals surface area contributed by atoms with Gasteiger partial charge in [0, 0.05) is 31.8 Å². The van der Waals surface area contributed by atoms with Crippen LogP contribution in [0.2, 0.25) is 0 Å². The quantitative estimate of drug-likeness (QED) is 0.190. The Kier molecular flexibility index (Phi) is 18.4. The zero-order valence-corrected chi connectivity index (χ0v) is 32.0. The first-order valence-electron chi connectivity index (χ1n) is 17.8. The van der Waals surface area contributed by atoms with Crippen molar-refractivity contribution in [3.8, 4) is 0 Å². The van der Waals surface area contributed by atoms with Crippen molar-refractivity contribution in [2.24, 2.45) is 29.6 Å². The molecule has 2 fully saturated rings. The van der Waals surface area contributed by atoms with Crippen molar-refractivity contribution in [3.63, 3.8) is 0 Å². The van der Waals surface area contributed by atoms with Crippen molar-refractivity contribution in [1.82, 2.24) is 0 Å². The van der Waals surface area contributed by atoms with Crippen molar-refractivity contribution in [2.75, 3.05) is 25.2 Å². The molecule has 2 aliphatic heterocycles. The van der Waals surface area contributed by atoms with Crippen LogP contribution in [-0.4, -0.2) is 95.2 Å². The largest absolute Gasteiger partial charge is 0.394 e. The lowest BCUT2D eigenvalue weighted by Crippen LogP contribution is -2.31. The standard InChI is InChI=1S/C19H30O6S.C19H28O4S.CH4/c1-13(24-3)9-19-17(14(2)18(25-19)10-15(21)11-20)12-26(22,23)16-7-5-4-6-8-16;1-4-14(2)12-19-15(3)17(18(23-19)10-11-20)13-24(21,22)16-8-6-5-7-9-16;/h4-8,13-15,17-21H,9-12H2,1-3H3;5-9,11,14-15,17-19H,4,10,12-13H2,1-3H3;1H4/t13?,14-,15+,17-,18-,19+;14-,15-,17-,18+,19-;/m11./s1. The van der Waals surface area contributed by atoms with E-state index in [1.54, 1.807) is 67.8 Å². The molecule has 0 amide bonds.